The number of ether oxygens (including phenoxy) is 1. The summed E-state index contributed by atoms with van der Waals surface area (Å²) in [4.78, 5) is 14.8. The van der Waals surface area contributed by atoms with Gasteiger partial charge in [0.15, 0.2) is 0 Å². The van der Waals surface area contributed by atoms with Gasteiger partial charge < -0.3 is 10.1 Å². The number of pyridine rings is 1. The lowest BCUT2D eigenvalue weighted by atomic mass is 10.2. The van der Waals surface area contributed by atoms with Crippen molar-refractivity contribution in [2.24, 2.45) is 0 Å². The molecule has 7 heteroatoms. The maximum atomic E-state index is 11.1. The standard InChI is InChI=1S/C14H14BrN3O3/c1-2-21-12-3-4-13(14(6-12)18(19)20)17-8-10-5-11(15)9-16-7-10/h3-7,9,17H,2,8H2,1H3. The minimum atomic E-state index is -0.427. The zero-order valence-corrected chi connectivity index (χ0v) is 13.0. The largest absolute Gasteiger partial charge is 0.494 e. The highest BCUT2D eigenvalue weighted by Crippen LogP contribution is 2.29. The van der Waals surface area contributed by atoms with Crippen molar-refractivity contribution in [1.29, 1.82) is 0 Å². The van der Waals surface area contributed by atoms with E-state index in [0.717, 1.165) is 10.0 Å². The number of anilines is 1. The summed E-state index contributed by atoms with van der Waals surface area (Å²) in [6.45, 7) is 2.74. The molecule has 0 atom stereocenters. The fraction of sp³-hybridized carbons (Fsp3) is 0.214. The molecule has 0 radical (unpaired) electrons. The monoisotopic (exact) mass is 351 g/mol. The number of nitrogens with one attached hydrogen (secondary N) is 1. The number of nitro benzene ring substituents is 1. The third kappa shape index (κ3) is 4.16. The number of hydrogen-bond acceptors (Lipinski definition) is 5. The molecule has 0 saturated heterocycles. The molecule has 0 aliphatic carbocycles. The highest BCUT2D eigenvalue weighted by Gasteiger charge is 2.15. The van der Waals surface area contributed by atoms with Crippen molar-refractivity contribution in [3.05, 3.63) is 56.8 Å². The minimum absolute atomic E-state index is 0.0103. The van der Waals surface area contributed by atoms with Gasteiger partial charge in [-0.2, -0.15) is 0 Å². The van der Waals surface area contributed by atoms with Crippen molar-refractivity contribution in [2.45, 2.75) is 13.5 Å². The van der Waals surface area contributed by atoms with Crippen LogP contribution in [0.25, 0.3) is 0 Å². The van der Waals surface area contributed by atoms with Crippen molar-refractivity contribution >= 4 is 27.3 Å². The molecule has 2 rings (SSSR count). The van der Waals surface area contributed by atoms with Crippen LogP contribution in [-0.4, -0.2) is 16.5 Å². The molecule has 0 spiro atoms. The molecule has 6 nitrogen and oxygen atoms in total. The molecule has 0 unspecified atom stereocenters. The first-order valence-electron chi connectivity index (χ1n) is 6.34. The summed E-state index contributed by atoms with van der Waals surface area (Å²) in [5, 5.41) is 14.2. The van der Waals surface area contributed by atoms with E-state index in [1.807, 2.05) is 13.0 Å². The average molecular weight is 352 g/mol. The fourth-order valence-electron chi connectivity index (χ4n) is 1.82. The zero-order valence-electron chi connectivity index (χ0n) is 11.4. The Bertz CT molecular complexity index is 649. The van der Waals surface area contributed by atoms with Gasteiger partial charge in [-0.1, -0.05) is 0 Å². The summed E-state index contributed by atoms with van der Waals surface area (Å²) in [6, 6.07) is 6.68. The Morgan fingerprint density at radius 2 is 2.19 bits per heavy atom. The average Bonchev–Trinajstić information content (AvgIpc) is 2.46. The van der Waals surface area contributed by atoms with Crippen LogP contribution < -0.4 is 10.1 Å². The first-order chi connectivity index (χ1) is 10.1. The van der Waals surface area contributed by atoms with Crippen LogP contribution in [0, 0.1) is 10.1 Å². The molecule has 0 saturated carbocycles. The van der Waals surface area contributed by atoms with Gasteiger partial charge in [0.1, 0.15) is 11.4 Å². The summed E-state index contributed by atoms with van der Waals surface area (Å²) < 4.78 is 6.15. The van der Waals surface area contributed by atoms with Gasteiger partial charge in [0.25, 0.3) is 5.69 Å². The second kappa shape index (κ2) is 7.03. The highest BCUT2D eigenvalue weighted by atomic mass is 79.9. The van der Waals surface area contributed by atoms with Gasteiger partial charge in [-0.3, -0.25) is 15.1 Å². The maximum Gasteiger partial charge on any atom is 0.296 e. The zero-order chi connectivity index (χ0) is 15.2. The topological polar surface area (TPSA) is 77.3 Å². The van der Waals surface area contributed by atoms with Crippen LogP contribution >= 0.6 is 15.9 Å². The Hall–Kier alpha value is -2.15. The molecule has 0 aliphatic heterocycles. The quantitative estimate of drug-likeness (QED) is 0.633. The van der Waals surface area contributed by atoms with Crippen LogP contribution in [0.4, 0.5) is 11.4 Å². The Labute approximate surface area is 130 Å². The lowest BCUT2D eigenvalue weighted by molar-refractivity contribution is -0.384. The first-order valence-corrected chi connectivity index (χ1v) is 7.14. The molecular formula is C14H14BrN3O3. The number of benzene rings is 1. The summed E-state index contributed by atoms with van der Waals surface area (Å²) in [7, 11) is 0. The van der Waals surface area contributed by atoms with Gasteiger partial charge in [-0.05, 0) is 46.6 Å². The number of halogens is 1. The summed E-state index contributed by atoms with van der Waals surface area (Å²) in [5.41, 5.74) is 1.36. The van der Waals surface area contributed by atoms with Gasteiger partial charge >= 0.3 is 0 Å². The molecule has 21 heavy (non-hydrogen) atoms. The molecule has 1 aromatic carbocycles. The molecule has 0 bridgehead atoms. The Morgan fingerprint density at radius 1 is 1.38 bits per heavy atom. The highest BCUT2D eigenvalue weighted by molar-refractivity contribution is 9.10. The summed E-state index contributed by atoms with van der Waals surface area (Å²) in [5.74, 6) is 0.485. The van der Waals surface area contributed by atoms with Crippen LogP contribution in [-0.2, 0) is 6.54 Å². The van der Waals surface area contributed by atoms with Crippen molar-refractivity contribution in [3.8, 4) is 5.75 Å². The lowest BCUT2D eigenvalue weighted by Gasteiger charge is -2.09. The van der Waals surface area contributed by atoms with Crippen molar-refractivity contribution in [3.63, 3.8) is 0 Å². The van der Waals surface area contributed by atoms with Gasteiger partial charge in [0.05, 0.1) is 17.6 Å². The van der Waals surface area contributed by atoms with Gasteiger partial charge in [-0.25, -0.2) is 0 Å². The van der Waals surface area contributed by atoms with Crippen LogP contribution in [0.5, 0.6) is 5.75 Å². The van der Waals surface area contributed by atoms with Gasteiger partial charge in [0.2, 0.25) is 0 Å². The predicted octanol–water partition coefficient (Wildman–Crippen LogP) is 3.76. The van der Waals surface area contributed by atoms with E-state index in [1.165, 1.54) is 6.07 Å². The number of nitrogens with zero attached hydrogens (tertiary/aromatic N) is 2. The molecule has 1 N–H and O–H groups in total. The SMILES string of the molecule is CCOc1ccc(NCc2cncc(Br)c2)c([N+](=O)[O-])c1. The smallest absolute Gasteiger partial charge is 0.296 e. The normalized spacial score (nSPS) is 10.2. The Balaban J connectivity index is 2.17. The molecular weight excluding hydrogens is 338 g/mol. The maximum absolute atomic E-state index is 11.1. The third-order valence-corrected chi connectivity index (χ3v) is 3.16. The second-order valence-corrected chi connectivity index (χ2v) is 5.15. The Kier molecular flexibility index (Phi) is 5.10. The van der Waals surface area contributed by atoms with Crippen LogP contribution in [0.3, 0.4) is 0 Å². The van der Waals surface area contributed by atoms with E-state index < -0.39 is 4.92 Å². The van der Waals surface area contributed by atoms with E-state index >= 15 is 0 Å². The molecule has 0 amide bonds. The second-order valence-electron chi connectivity index (χ2n) is 4.23. The predicted molar refractivity (Wildman–Crippen MR) is 83.5 cm³/mol. The van der Waals surface area contributed by atoms with Crippen molar-refractivity contribution in [1.82, 2.24) is 4.98 Å². The molecule has 2 aromatic rings. The minimum Gasteiger partial charge on any atom is -0.494 e. The molecule has 1 heterocycles. The number of hydrogen-bond donors (Lipinski definition) is 1. The third-order valence-electron chi connectivity index (χ3n) is 2.72. The van der Waals surface area contributed by atoms with Crippen LogP contribution in [0.1, 0.15) is 12.5 Å². The van der Waals surface area contributed by atoms with Gasteiger partial charge in [0, 0.05) is 23.4 Å². The number of nitro groups is 1. The lowest BCUT2D eigenvalue weighted by Crippen LogP contribution is -2.03. The van der Waals surface area contributed by atoms with E-state index in [1.54, 1.807) is 24.5 Å². The first kappa shape index (κ1) is 15.2. The fourth-order valence-corrected chi connectivity index (χ4v) is 2.23. The molecule has 1 aromatic heterocycles. The van der Waals surface area contributed by atoms with E-state index in [2.05, 4.69) is 26.2 Å². The van der Waals surface area contributed by atoms with E-state index in [0.29, 0.717) is 24.6 Å². The van der Waals surface area contributed by atoms with Crippen molar-refractivity contribution < 1.29 is 9.66 Å². The van der Waals surface area contributed by atoms with Crippen LogP contribution in [0.2, 0.25) is 0 Å². The van der Waals surface area contributed by atoms with Gasteiger partial charge in [-0.15, -0.1) is 0 Å². The molecule has 0 aliphatic rings. The number of aromatic nitrogens is 1. The van der Waals surface area contributed by atoms with E-state index in [4.69, 9.17) is 4.74 Å². The summed E-state index contributed by atoms with van der Waals surface area (Å²) >= 11 is 3.34. The number of rotatable bonds is 6. The van der Waals surface area contributed by atoms with Crippen molar-refractivity contribution in [2.75, 3.05) is 11.9 Å². The van der Waals surface area contributed by atoms with Crippen LogP contribution in [0.15, 0.2) is 41.1 Å². The summed E-state index contributed by atoms with van der Waals surface area (Å²) in [6.07, 6.45) is 3.39. The van der Waals surface area contributed by atoms with E-state index in [9.17, 15) is 10.1 Å². The Morgan fingerprint density at radius 3 is 2.86 bits per heavy atom. The molecule has 110 valence electrons. The molecule has 0 fully saturated rings. The van der Waals surface area contributed by atoms with E-state index in [-0.39, 0.29) is 5.69 Å².